The molecule has 3 rings (SSSR count). The van der Waals surface area contributed by atoms with Gasteiger partial charge in [-0.25, -0.2) is 4.79 Å². The molecule has 1 N–H and O–H groups in total. The van der Waals surface area contributed by atoms with Crippen molar-refractivity contribution in [3.63, 3.8) is 0 Å². The Labute approximate surface area is 182 Å². The number of carbonyl (C=O) groups excluding carboxylic acids is 2. The van der Waals surface area contributed by atoms with E-state index in [-0.39, 0.29) is 18.6 Å². The first kappa shape index (κ1) is 22.1. The first-order valence-electron chi connectivity index (χ1n) is 10.3. The minimum Gasteiger partial charge on any atom is -0.452 e. The van der Waals surface area contributed by atoms with Gasteiger partial charge in [-0.2, -0.15) is 0 Å². The molecule has 0 aliphatic carbocycles. The molecule has 1 aromatic heterocycles. The van der Waals surface area contributed by atoms with Crippen LogP contribution in [0, 0.1) is 6.92 Å². The van der Waals surface area contributed by atoms with Crippen molar-refractivity contribution in [1.29, 1.82) is 0 Å². The molecule has 1 heterocycles. The number of rotatable bonds is 8. The van der Waals surface area contributed by atoms with Gasteiger partial charge in [-0.1, -0.05) is 30.3 Å². The monoisotopic (exact) mass is 421 g/mol. The van der Waals surface area contributed by atoms with Crippen LogP contribution in [0.3, 0.4) is 0 Å². The molecule has 7 nitrogen and oxygen atoms in total. The molecule has 0 saturated heterocycles. The highest BCUT2D eigenvalue weighted by atomic mass is 16.5. The molecule has 162 valence electrons. The number of carbonyl (C=O) groups is 2. The molecule has 31 heavy (non-hydrogen) atoms. The van der Waals surface area contributed by atoms with Crippen molar-refractivity contribution in [2.24, 2.45) is 0 Å². The lowest BCUT2D eigenvalue weighted by Crippen LogP contribution is -2.40. The molecule has 0 radical (unpaired) electrons. The highest BCUT2D eigenvalue weighted by molar-refractivity contribution is 5.98. The summed E-state index contributed by atoms with van der Waals surface area (Å²) in [5.41, 5.74) is 3.44. The number of nitrogens with one attached hydrogen (secondary N) is 1. The molecule has 0 fully saturated rings. The Kier molecular flexibility index (Phi) is 7.07. The van der Waals surface area contributed by atoms with Crippen LogP contribution < -0.4 is 10.2 Å². The van der Waals surface area contributed by atoms with Gasteiger partial charge >= 0.3 is 5.97 Å². The summed E-state index contributed by atoms with van der Waals surface area (Å²) in [6, 6.07) is 17.3. The number of amides is 1. The second-order valence-corrected chi connectivity index (χ2v) is 7.39. The minimum absolute atomic E-state index is 0.109. The molecule has 1 amide bonds. The van der Waals surface area contributed by atoms with Gasteiger partial charge in [-0.3, -0.25) is 4.79 Å². The number of hydrogen-bond acceptors (Lipinski definition) is 6. The number of ether oxygens (including phenoxy) is 1. The summed E-state index contributed by atoms with van der Waals surface area (Å²) < 4.78 is 10.4. The second-order valence-electron chi connectivity index (χ2n) is 7.39. The Morgan fingerprint density at radius 1 is 1.06 bits per heavy atom. The van der Waals surface area contributed by atoms with Gasteiger partial charge in [0.25, 0.3) is 5.91 Å². The molecule has 0 aliphatic rings. The molecule has 0 atom stereocenters. The number of anilines is 3. The van der Waals surface area contributed by atoms with Gasteiger partial charge in [-0.15, -0.1) is 0 Å². The zero-order valence-electron chi connectivity index (χ0n) is 18.2. The van der Waals surface area contributed by atoms with Crippen molar-refractivity contribution in [1.82, 2.24) is 5.16 Å². The number of aryl methyl sites for hydroxylation is 2. The second kappa shape index (κ2) is 9.93. The van der Waals surface area contributed by atoms with E-state index in [1.165, 1.54) is 0 Å². The fourth-order valence-electron chi connectivity index (χ4n) is 3.31. The first-order valence-corrected chi connectivity index (χ1v) is 10.3. The van der Waals surface area contributed by atoms with Gasteiger partial charge in [0.05, 0.1) is 5.69 Å². The van der Waals surface area contributed by atoms with E-state index in [0.29, 0.717) is 23.4 Å². The van der Waals surface area contributed by atoms with E-state index in [0.717, 1.165) is 17.1 Å². The van der Waals surface area contributed by atoms with Crippen LogP contribution in [0.4, 0.5) is 17.1 Å². The maximum atomic E-state index is 12.9. The summed E-state index contributed by atoms with van der Waals surface area (Å²) in [7, 11) is 0. The Balaban J connectivity index is 1.67. The molecule has 0 bridgehead atoms. The molecule has 2 aromatic carbocycles. The third-order valence-electron chi connectivity index (χ3n) is 4.79. The van der Waals surface area contributed by atoms with E-state index < -0.39 is 5.97 Å². The van der Waals surface area contributed by atoms with Crippen LogP contribution in [-0.2, 0) is 16.0 Å². The molecule has 7 heteroatoms. The quantitative estimate of drug-likeness (QED) is 0.522. The standard InChI is InChI=1S/C24H27N3O4/c1-5-21-23(17(4)31-26-21)24(29)30-15-22(28)27(16(2)3)20-13-11-19(12-14-20)25-18-9-7-6-8-10-18/h6-14,16,25H,5,15H2,1-4H3. The third-order valence-corrected chi connectivity index (χ3v) is 4.79. The van der Waals surface area contributed by atoms with Gasteiger partial charge < -0.3 is 19.5 Å². The maximum absolute atomic E-state index is 12.9. The summed E-state index contributed by atoms with van der Waals surface area (Å²) >= 11 is 0. The molecule has 0 unspecified atom stereocenters. The summed E-state index contributed by atoms with van der Waals surface area (Å²) in [5, 5.41) is 7.17. The van der Waals surface area contributed by atoms with Crippen LogP contribution in [-0.4, -0.2) is 29.7 Å². The molecular formula is C24H27N3O4. The van der Waals surface area contributed by atoms with Crippen LogP contribution in [0.5, 0.6) is 0 Å². The number of aromatic nitrogens is 1. The van der Waals surface area contributed by atoms with Crippen LogP contribution in [0.1, 0.15) is 42.6 Å². The number of hydrogen-bond donors (Lipinski definition) is 1. The first-order chi connectivity index (χ1) is 14.9. The van der Waals surface area contributed by atoms with E-state index in [1.807, 2.05) is 75.4 Å². The van der Waals surface area contributed by atoms with Crippen molar-refractivity contribution in [3.05, 3.63) is 71.6 Å². The van der Waals surface area contributed by atoms with Gasteiger partial charge in [0.2, 0.25) is 0 Å². The van der Waals surface area contributed by atoms with Crippen LogP contribution in [0.15, 0.2) is 59.1 Å². The maximum Gasteiger partial charge on any atom is 0.344 e. The Morgan fingerprint density at radius 2 is 1.71 bits per heavy atom. The predicted molar refractivity (Wildman–Crippen MR) is 120 cm³/mol. The van der Waals surface area contributed by atoms with Crippen LogP contribution in [0.2, 0.25) is 0 Å². The van der Waals surface area contributed by atoms with Crippen LogP contribution in [0.25, 0.3) is 0 Å². The predicted octanol–water partition coefficient (Wildman–Crippen LogP) is 4.89. The summed E-state index contributed by atoms with van der Waals surface area (Å²) in [6.07, 6.45) is 0.539. The lowest BCUT2D eigenvalue weighted by molar-refractivity contribution is -0.122. The summed E-state index contributed by atoms with van der Waals surface area (Å²) in [5.74, 6) is -0.522. The van der Waals surface area contributed by atoms with Gasteiger partial charge in [-0.05, 0) is 63.6 Å². The lowest BCUT2D eigenvalue weighted by atomic mass is 10.1. The van der Waals surface area contributed by atoms with E-state index >= 15 is 0 Å². The largest absolute Gasteiger partial charge is 0.452 e. The lowest BCUT2D eigenvalue weighted by Gasteiger charge is -2.27. The Morgan fingerprint density at radius 3 is 2.32 bits per heavy atom. The summed E-state index contributed by atoms with van der Waals surface area (Å²) in [4.78, 5) is 26.9. The third kappa shape index (κ3) is 5.31. The summed E-state index contributed by atoms with van der Waals surface area (Å²) in [6.45, 7) is 6.98. The topological polar surface area (TPSA) is 84.7 Å². The molecule has 3 aromatic rings. The fraction of sp³-hybridized carbons (Fsp3) is 0.292. The number of nitrogens with zero attached hydrogens (tertiary/aromatic N) is 2. The van der Waals surface area contributed by atoms with Gasteiger partial charge in [0.1, 0.15) is 11.3 Å². The van der Waals surface area contributed by atoms with E-state index in [9.17, 15) is 9.59 Å². The van der Waals surface area contributed by atoms with Crippen molar-refractivity contribution >= 4 is 28.9 Å². The fourth-order valence-corrected chi connectivity index (χ4v) is 3.31. The van der Waals surface area contributed by atoms with E-state index in [1.54, 1.807) is 11.8 Å². The Hall–Kier alpha value is -3.61. The molecule has 0 spiro atoms. The molecule has 0 saturated carbocycles. The Bertz CT molecular complexity index is 1030. The SMILES string of the molecule is CCc1noc(C)c1C(=O)OCC(=O)N(c1ccc(Nc2ccccc2)cc1)C(C)C. The minimum atomic E-state index is -0.602. The van der Waals surface area contributed by atoms with Crippen molar-refractivity contribution in [2.45, 2.75) is 40.2 Å². The highest BCUT2D eigenvalue weighted by Crippen LogP contribution is 2.23. The smallest absolute Gasteiger partial charge is 0.344 e. The average Bonchev–Trinajstić information content (AvgIpc) is 3.14. The van der Waals surface area contributed by atoms with E-state index in [2.05, 4.69) is 10.5 Å². The average molecular weight is 421 g/mol. The zero-order valence-corrected chi connectivity index (χ0v) is 18.2. The number of benzene rings is 2. The normalized spacial score (nSPS) is 10.7. The molecular weight excluding hydrogens is 394 g/mol. The number of para-hydroxylation sites is 1. The van der Waals surface area contributed by atoms with E-state index in [4.69, 9.17) is 9.26 Å². The van der Waals surface area contributed by atoms with Crippen molar-refractivity contribution < 1.29 is 18.8 Å². The molecule has 0 aliphatic heterocycles. The van der Waals surface area contributed by atoms with Gasteiger partial charge in [0.15, 0.2) is 6.61 Å². The highest BCUT2D eigenvalue weighted by Gasteiger charge is 2.24. The zero-order chi connectivity index (χ0) is 22.4. The van der Waals surface area contributed by atoms with Gasteiger partial charge in [0, 0.05) is 23.1 Å². The van der Waals surface area contributed by atoms with Crippen LogP contribution >= 0.6 is 0 Å². The van der Waals surface area contributed by atoms with Crippen molar-refractivity contribution in [2.75, 3.05) is 16.8 Å². The number of esters is 1. The van der Waals surface area contributed by atoms with Crippen molar-refractivity contribution in [3.8, 4) is 0 Å².